The zero-order valence-corrected chi connectivity index (χ0v) is 13.2. The van der Waals surface area contributed by atoms with E-state index in [1.807, 2.05) is 6.07 Å². The van der Waals surface area contributed by atoms with E-state index in [0.717, 1.165) is 43.5 Å². The zero-order valence-electron chi connectivity index (χ0n) is 13.2. The molecule has 2 aromatic heterocycles. The zero-order chi connectivity index (χ0) is 17.4. The summed E-state index contributed by atoms with van der Waals surface area (Å²) in [6.07, 6.45) is -1.43. The summed E-state index contributed by atoms with van der Waals surface area (Å²) in [5.74, 6) is 0.712. The number of piperidine rings is 1. The van der Waals surface area contributed by atoms with Crippen molar-refractivity contribution < 1.29 is 13.2 Å². The Morgan fingerprint density at radius 2 is 1.80 bits per heavy atom. The second-order valence-electron chi connectivity index (χ2n) is 6.04. The maximum Gasteiger partial charge on any atom is 0.416 e. The molecule has 4 rings (SSSR count). The minimum atomic E-state index is -4.32. The molecule has 130 valence electrons. The molecular weight excluding hydrogens is 333 g/mol. The van der Waals surface area contributed by atoms with Gasteiger partial charge in [-0.3, -0.25) is 0 Å². The van der Waals surface area contributed by atoms with Crippen molar-refractivity contribution in [2.24, 2.45) is 0 Å². The van der Waals surface area contributed by atoms with Gasteiger partial charge in [-0.1, -0.05) is 12.1 Å². The van der Waals surface area contributed by atoms with Crippen molar-refractivity contribution in [3.63, 3.8) is 0 Å². The van der Waals surface area contributed by atoms with Crippen LogP contribution in [-0.4, -0.2) is 31.8 Å². The lowest BCUT2D eigenvalue weighted by atomic mass is 9.94. The van der Waals surface area contributed by atoms with Crippen molar-refractivity contribution >= 4 is 11.5 Å². The lowest BCUT2D eigenvalue weighted by molar-refractivity contribution is -0.137. The SMILES string of the molecule is FC(F)(F)c1ccc([C@H]2CCCCN2c2ccc3nnnn3n2)cc1. The number of rotatable bonds is 2. The van der Waals surface area contributed by atoms with Crippen molar-refractivity contribution in [2.75, 3.05) is 11.4 Å². The number of aromatic nitrogens is 5. The fraction of sp³-hybridized carbons (Fsp3) is 0.375. The first-order valence-corrected chi connectivity index (χ1v) is 8.01. The highest BCUT2D eigenvalue weighted by molar-refractivity contribution is 5.47. The Hall–Kier alpha value is -2.71. The van der Waals surface area contributed by atoms with Crippen LogP contribution in [0.15, 0.2) is 36.4 Å². The number of anilines is 1. The van der Waals surface area contributed by atoms with Gasteiger partial charge in [-0.25, -0.2) is 0 Å². The third-order valence-corrected chi connectivity index (χ3v) is 4.48. The van der Waals surface area contributed by atoms with Crippen LogP contribution < -0.4 is 4.90 Å². The molecule has 0 aliphatic carbocycles. The molecule has 0 saturated carbocycles. The van der Waals surface area contributed by atoms with E-state index in [1.54, 1.807) is 18.2 Å². The summed E-state index contributed by atoms with van der Waals surface area (Å²) in [5, 5.41) is 15.6. The molecule has 3 heterocycles. The second kappa shape index (κ2) is 5.98. The van der Waals surface area contributed by atoms with Crippen molar-refractivity contribution in [3.05, 3.63) is 47.5 Å². The Labute approximate surface area is 141 Å². The van der Waals surface area contributed by atoms with E-state index in [0.29, 0.717) is 11.5 Å². The van der Waals surface area contributed by atoms with Crippen LogP contribution >= 0.6 is 0 Å². The van der Waals surface area contributed by atoms with Crippen molar-refractivity contribution in [3.8, 4) is 0 Å². The fourth-order valence-corrected chi connectivity index (χ4v) is 3.24. The molecule has 0 amide bonds. The predicted molar refractivity (Wildman–Crippen MR) is 84.0 cm³/mol. The van der Waals surface area contributed by atoms with Gasteiger partial charge in [-0.05, 0) is 59.5 Å². The van der Waals surface area contributed by atoms with E-state index in [2.05, 4.69) is 25.5 Å². The number of tetrazole rings is 1. The first-order valence-electron chi connectivity index (χ1n) is 8.01. The Morgan fingerprint density at radius 1 is 1.00 bits per heavy atom. The van der Waals surface area contributed by atoms with Gasteiger partial charge in [0.05, 0.1) is 11.6 Å². The average molecular weight is 348 g/mol. The monoisotopic (exact) mass is 348 g/mol. The molecule has 3 aromatic rings. The summed E-state index contributed by atoms with van der Waals surface area (Å²) >= 11 is 0. The average Bonchev–Trinajstić information content (AvgIpc) is 3.09. The van der Waals surface area contributed by atoms with Crippen LogP contribution in [-0.2, 0) is 6.18 Å². The normalized spacial score (nSPS) is 18.7. The minimum Gasteiger partial charge on any atom is -0.348 e. The highest BCUT2D eigenvalue weighted by Crippen LogP contribution is 2.36. The lowest BCUT2D eigenvalue weighted by Gasteiger charge is -2.36. The van der Waals surface area contributed by atoms with Gasteiger partial charge in [0.25, 0.3) is 0 Å². The van der Waals surface area contributed by atoms with Crippen molar-refractivity contribution in [1.82, 2.24) is 25.3 Å². The van der Waals surface area contributed by atoms with E-state index in [4.69, 9.17) is 0 Å². The molecule has 1 aliphatic rings. The van der Waals surface area contributed by atoms with Crippen LogP contribution in [0.25, 0.3) is 5.65 Å². The predicted octanol–water partition coefficient (Wildman–Crippen LogP) is 3.27. The second-order valence-corrected chi connectivity index (χ2v) is 6.04. The molecule has 0 bridgehead atoms. The quantitative estimate of drug-likeness (QED) is 0.711. The molecule has 0 N–H and O–H groups in total. The molecule has 1 fully saturated rings. The molecule has 0 spiro atoms. The van der Waals surface area contributed by atoms with Crippen LogP contribution in [0.5, 0.6) is 0 Å². The van der Waals surface area contributed by atoms with Crippen molar-refractivity contribution in [2.45, 2.75) is 31.5 Å². The van der Waals surface area contributed by atoms with Gasteiger partial charge in [-0.2, -0.15) is 13.2 Å². The summed E-state index contributed by atoms with van der Waals surface area (Å²) < 4.78 is 39.7. The minimum absolute atomic E-state index is 0.0162. The van der Waals surface area contributed by atoms with E-state index in [9.17, 15) is 13.2 Å². The van der Waals surface area contributed by atoms with Gasteiger partial charge >= 0.3 is 6.18 Å². The Bertz CT molecular complexity index is 873. The molecule has 6 nitrogen and oxygen atoms in total. The molecule has 25 heavy (non-hydrogen) atoms. The first kappa shape index (κ1) is 15.8. The van der Waals surface area contributed by atoms with Gasteiger partial charge in [0, 0.05) is 6.54 Å². The highest BCUT2D eigenvalue weighted by atomic mass is 19.4. The van der Waals surface area contributed by atoms with Gasteiger partial charge in [-0.15, -0.1) is 14.8 Å². The third-order valence-electron chi connectivity index (χ3n) is 4.48. The summed E-state index contributed by atoms with van der Waals surface area (Å²) in [6, 6.07) is 9.00. The van der Waals surface area contributed by atoms with Crippen molar-refractivity contribution in [1.29, 1.82) is 0 Å². The summed E-state index contributed by atoms with van der Waals surface area (Å²) in [5.41, 5.74) is 0.769. The van der Waals surface area contributed by atoms with Crippen LogP contribution in [0.2, 0.25) is 0 Å². The largest absolute Gasteiger partial charge is 0.416 e. The molecule has 0 unspecified atom stereocenters. The summed E-state index contributed by atoms with van der Waals surface area (Å²) in [4.78, 5) is 2.10. The van der Waals surface area contributed by atoms with E-state index >= 15 is 0 Å². The molecule has 1 saturated heterocycles. The maximum atomic E-state index is 12.8. The molecule has 1 aliphatic heterocycles. The van der Waals surface area contributed by atoms with E-state index < -0.39 is 11.7 Å². The number of hydrogen-bond acceptors (Lipinski definition) is 5. The fourth-order valence-electron chi connectivity index (χ4n) is 3.24. The molecule has 1 atom stereocenters. The van der Waals surface area contributed by atoms with Crippen LogP contribution in [0, 0.1) is 0 Å². The van der Waals surface area contributed by atoms with Crippen LogP contribution in [0.4, 0.5) is 19.0 Å². The third kappa shape index (κ3) is 3.01. The van der Waals surface area contributed by atoms with Gasteiger partial charge in [0.15, 0.2) is 11.5 Å². The molecule has 0 radical (unpaired) electrons. The number of fused-ring (bicyclic) bond motifs is 1. The van der Waals surface area contributed by atoms with E-state index in [1.165, 1.54) is 4.63 Å². The molecule has 1 aromatic carbocycles. The van der Waals surface area contributed by atoms with Crippen LogP contribution in [0.3, 0.4) is 0 Å². The Kier molecular flexibility index (Phi) is 3.78. The number of hydrogen-bond donors (Lipinski definition) is 0. The lowest BCUT2D eigenvalue weighted by Crippen LogP contribution is -2.34. The first-order chi connectivity index (χ1) is 12.0. The highest BCUT2D eigenvalue weighted by Gasteiger charge is 2.31. The topological polar surface area (TPSA) is 59.2 Å². The number of benzene rings is 1. The molecule has 9 heteroatoms. The Morgan fingerprint density at radius 3 is 2.56 bits per heavy atom. The standard InChI is InChI=1S/C16H15F3N6/c17-16(18,19)12-6-4-11(5-7-12)13-3-1-2-10-24(13)15-9-8-14-20-22-23-25(14)21-15/h4-9,13H,1-3,10H2/t13-/m1/s1. The number of nitrogens with zero attached hydrogens (tertiary/aromatic N) is 6. The summed E-state index contributed by atoms with van der Waals surface area (Å²) in [7, 11) is 0. The van der Waals surface area contributed by atoms with Gasteiger partial charge in [0.2, 0.25) is 0 Å². The van der Waals surface area contributed by atoms with E-state index in [-0.39, 0.29) is 6.04 Å². The van der Waals surface area contributed by atoms with Gasteiger partial charge in [0.1, 0.15) is 0 Å². The van der Waals surface area contributed by atoms with Crippen LogP contribution in [0.1, 0.15) is 36.4 Å². The maximum absolute atomic E-state index is 12.8. The number of halogens is 3. The number of alkyl halides is 3. The molecular formula is C16H15F3N6. The smallest absolute Gasteiger partial charge is 0.348 e. The van der Waals surface area contributed by atoms with Gasteiger partial charge < -0.3 is 4.90 Å². The summed E-state index contributed by atoms with van der Waals surface area (Å²) in [6.45, 7) is 0.784. The Balaban J connectivity index is 1.66.